The molecule has 0 saturated carbocycles. The summed E-state index contributed by atoms with van der Waals surface area (Å²) in [5.74, 6) is 0.0196. The minimum absolute atomic E-state index is 0.0196. The van der Waals surface area contributed by atoms with Crippen molar-refractivity contribution in [2.75, 3.05) is 18.4 Å². The largest absolute Gasteiger partial charge is 0.378 e. The summed E-state index contributed by atoms with van der Waals surface area (Å²) in [5.41, 5.74) is 0.509. The van der Waals surface area contributed by atoms with Gasteiger partial charge in [0.15, 0.2) is 0 Å². The molecule has 6 nitrogen and oxygen atoms in total. The molecule has 0 unspecified atom stereocenters. The summed E-state index contributed by atoms with van der Waals surface area (Å²) in [6.07, 6.45) is 2.40. The SMILES string of the molecule is CCCCC(=O)NCCNc1ccccc1[N+](=O)[O-]. The number of hydrogen-bond donors (Lipinski definition) is 2. The van der Waals surface area contributed by atoms with Gasteiger partial charge in [0.1, 0.15) is 5.69 Å². The quantitative estimate of drug-likeness (QED) is 0.429. The first-order valence-electron chi connectivity index (χ1n) is 6.39. The van der Waals surface area contributed by atoms with Crippen LogP contribution in [-0.4, -0.2) is 23.9 Å². The number of nitrogens with zero attached hydrogens (tertiary/aromatic N) is 1. The molecule has 0 aromatic heterocycles. The molecule has 0 fully saturated rings. The number of anilines is 1. The van der Waals surface area contributed by atoms with Gasteiger partial charge in [-0.1, -0.05) is 25.5 Å². The van der Waals surface area contributed by atoms with E-state index in [-0.39, 0.29) is 11.6 Å². The average Bonchev–Trinajstić information content (AvgIpc) is 2.41. The van der Waals surface area contributed by atoms with Crippen LogP contribution in [0.1, 0.15) is 26.2 Å². The molecule has 6 heteroatoms. The van der Waals surface area contributed by atoms with Gasteiger partial charge in [0.05, 0.1) is 4.92 Å². The second-order valence-corrected chi connectivity index (χ2v) is 4.15. The summed E-state index contributed by atoms with van der Waals surface area (Å²) >= 11 is 0. The third-order valence-electron chi connectivity index (χ3n) is 2.62. The first-order valence-corrected chi connectivity index (χ1v) is 6.39. The molecule has 0 saturated heterocycles. The van der Waals surface area contributed by atoms with Crippen molar-refractivity contribution in [3.05, 3.63) is 34.4 Å². The minimum atomic E-state index is -0.428. The molecule has 104 valence electrons. The predicted octanol–water partition coefficient (Wildman–Crippen LogP) is 2.31. The van der Waals surface area contributed by atoms with Crippen LogP contribution < -0.4 is 10.6 Å². The third-order valence-corrected chi connectivity index (χ3v) is 2.62. The predicted molar refractivity (Wildman–Crippen MR) is 74.1 cm³/mol. The van der Waals surface area contributed by atoms with E-state index < -0.39 is 4.92 Å². The van der Waals surface area contributed by atoms with E-state index in [0.717, 1.165) is 12.8 Å². The van der Waals surface area contributed by atoms with Crippen molar-refractivity contribution in [2.45, 2.75) is 26.2 Å². The maximum Gasteiger partial charge on any atom is 0.292 e. The van der Waals surface area contributed by atoms with Gasteiger partial charge in [-0.15, -0.1) is 0 Å². The normalized spacial score (nSPS) is 9.95. The zero-order valence-corrected chi connectivity index (χ0v) is 11.0. The monoisotopic (exact) mass is 265 g/mol. The summed E-state index contributed by atoms with van der Waals surface area (Å²) < 4.78 is 0. The van der Waals surface area contributed by atoms with Gasteiger partial charge in [-0.2, -0.15) is 0 Å². The third kappa shape index (κ3) is 5.37. The van der Waals surface area contributed by atoms with Crippen LogP contribution in [0.4, 0.5) is 11.4 Å². The highest BCUT2D eigenvalue weighted by molar-refractivity contribution is 5.75. The number of rotatable bonds is 8. The highest BCUT2D eigenvalue weighted by atomic mass is 16.6. The van der Waals surface area contributed by atoms with Gasteiger partial charge < -0.3 is 10.6 Å². The van der Waals surface area contributed by atoms with E-state index in [9.17, 15) is 14.9 Å². The molecule has 0 heterocycles. The lowest BCUT2D eigenvalue weighted by molar-refractivity contribution is -0.384. The van der Waals surface area contributed by atoms with Crippen molar-refractivity contribution in [3.63, 3.8) is 0 Å². The number of amides is 1. The zero-order chi connectivity index (χ0) is 14.1. The van der Waals surface area contributed by atoms with Crippen LogP contribution in [-0.2, 0) is 4.79 Å². The van der Waals surface area contributed by atoms with Crippen LogP contribution in [0, 0.1) is 10.1 Å². The van der Waals surface area contributed by atoms with Gasteiger partial charge in [-0.25, -0.2) is 0 Å². The number of para-hydroxylation sites is 2. The summed E-state index contributed by atoms with van der Waals surface area (Å²) in [5, 5.41) is 16.5. The topological polar surface area (TPSA) is 84.3 Å². The molecule has 2 N–H and O–H groups in total. The van der Waals surface area contributed by atoms with Crippen molar-refractivity contribution in [1.29, 1.82) is 0 Å². The summed E-state index contributed by atoms with van der Waals surface area (Å²) in [6, 6.07) is 6.45. The molecule has 0 aliphatic carbocycles. The lowest BCUT2D eigenvalue weighted by Gasteiger charge is -2.08. The fraction of sp³-hybridized carbons (Fsp3) is 0.462. The van der Waals surface area contributed by atoms with E-state index in [2.05, 4.69) is 10.6 Å². The fourth-order valence-electron chi connectivity index (χ4n) is 1.61. The Bertz CT molecular complexity index is 435. The van der Waals surface area contributed by atoms with Crippen molar-refractivity contribution >= 4 is 17.3 Å². The van der Waals surface area contributed by atoms with E-state index in [1.165, 1.54) is 6.07 Å². The van der Waals surface area contributed by atoms with Gasteiger partial charge in [0.25, 0.3) is 5.69 Å². The second kappa shape index (κ2) is 8.07. The summed E-state index contributed by atoms with van der Waals surface area (Å²) in [4.78, 5) is 21.7. The highest BCUT2D eigenvalue weighted by Crippen LogP contribution is 2.22. The van der Waals surface area contributed by atoms with Gasteiger partial charge in [-0.3, -0.25) is 14.9 Å². The molecule has 1 amide bonds. The Balaban J connectivity index is 2.33. The molecule has 0 bridgehead atoms. The number of nitro groups is 1. The Hall–Kier alpha value is -2.11. The minimum Gasteiger partial charge on any atom is -0.378 e. The number of hydrogen-bond acceptors (Lipinski definition) is 4. The van der Waals surface area contributed by atoms with Crippen molar-refractivity contribution in [3.8, 4) is 0 Å². The van der Waals surface area contributed by atoms with Crippen molar-refractivity contribution in [2.24, 2.45) is 0 Å². The zero-order valence-electron chi connectivity index (χ0n) is 11.0. The van der Waals surface area contributed by atoms with Gasteiger partial charge in [0.2, 0.25) is 5.91 Å². The van der Waals surface area contributed by atoms with Gasteiger partial charge in [0, 0.05) is 25.6 Å². The van der Waals surface area contributed by atoms with E-state index >= 15 is 0 Å². The molecule has 19 heavy (non-hydrogen) atoms. The molecule has 1 rings (SSSR count). The van der Waals surface area contributed by atoms with Gasteiger partial charge >= 0.3 is 0 Å². The first kappa shape index (κ1) is 14.9. The fourth-order valence-corrected chi connectivity index (χ4v) is 1.61. The van der Waals surface area contributed by atoms with Crippen LogP contribution in [0.3, 0.4) is 0 Å². The van der Waals surface area contributed by atoms with E-state index in [4.69, 9.17) is 0 Å². The summed E-state index contributed by atoms with van der Waals surface area (Å²) in [7, 11) is 0. The maximum atomic E-state index is 11.3. The van der Waals surface area contributed by atoms with E-state index in [0.29, 0.717) is 25.2 Å². The molecule has 1 aromatic rings. The Labute approximate surface area is 112 Å². The molecule has 0 spiro atoms. The number of carbonyl (C=O) groups is 1. The highest BCUT2D eigenvalue weighted by Gasteiger charge is 2.11. The van der Waals surface area contributed by atoms with Crippen LogP contribution >= 0.6 is 0 Å². The Kier molecular flexibility index (Phi) is 6.35. The van der Waals surface area contributed by atoms with Crippen LogP contribution in [0.5, 0.6) is 0 Å². The number of carbonyl (C=O) groups excluding carboxylic acids is 1. The van der Waals surface area contributed by atoms with Gasteiger partial charge in [-0.05, 0) is 12.5 Å². The number of nitro benzene ring substituents is 1. The van der Waals surface area contributed by atoms with E-state index in [1.54, 1.807) is 18.2 Å². The maximum absolute atomic E-state index is 11.3. The molecule has 0 aliphatic heterocycles. The smallest absolute Gasteiger partial charge is 0.292 e. The number of benzene rings is 1. The van der Waals surface area contributed by atoms with Crippen molar-refractivity contribution in [1.82, 2.24) is 5.32 Å². The number of unbranched alkanes of at least 4 members (excludes halogenated alkanes) is 1. The van der Waals surface area contributed by atoms with Crippen LogP contribution in [0.25, 0.3) is 0 Å². The average molecular weight is 265 g/mol. The Morgan fingerprint density at radius 2 is 2.05 bits per heavy atom. The van der Waals surface area contributed by atoms with Crippen LogP contribution in [0.15, 0.2) is 24.3 Å². The Morgan fingerprint density at radius 1 is 1.32 bits per heavy atom. The van der Waals surface area contributed by atoms with E-state index in [1.807, 2.05) is 6.92 Å². The summed E-state index contributed by atoms with van der Waals surface area (Å²) in [6.45, 7) is 2.95. The first-order chi connectivity index (χ1) is 9.15. The molecule has 1 aromatic carbocycles. The molecule has 0 aliphatic rings. The second-order valence-electron chi connectivity index (χ2n) is 4.15. The molecule has 0 radical (unpaired) electrons. The number of nitrogens with one attached hydrogen (secondary N) is 2. The molecular formula is C13H19N3O3. The lowest BCUT2D eigenvalue weighted by Crippen LogP contribution is -2.28. The Morgan fingerprint density at radius 3 is 2.74 bits per heavy atom. The van der Waals surface area contributed by atoms with Crippen LogP contribution in [0.2, 0.25) is 0 Å². The standard InChI is InChI=1S/C13H19N3O3/c1-2-3-8-13(17)15-10-9-14-11-6-4-5-7-12(11)16(18)19/h4-7,14H,2-3,8-10H2,1H3,(H,15,17). The van der Waals surface area contributed by atoms with Crippen molar-refractivity contribution < 1.29 is 9.72 Å². The lowest BCUT2D eigenvalue weighted by atomic mass is 10.2. The molecule has 0 atom stereocenters. The molecular weight excluding hydrogens is 246 g/mol.